The van der Waals surface area contributed by atoms with Crippen molar-refractivity contribution < 1.29 is 8.91 Å². The zero-order valence-electron chi connectivity index (χ0n) is 7.91. The highest BCUT2D eigenvalue weighted by atomic mass is 19.1. The van der Waals surface area contributed by atoms with E-state index in [-0.39, 0.29) is 5.82 Å². The zero-order chi connectivity index (χ0) is 10.1. The first-order chi connectivity index (χ1) is 6.68. The molecule has 3 nitrogen and oxygen atoms in total. The SMILES string of the molecule is Cc1cc(-c2ncon2)cc(C)c1F. The van der Waals surface area contributed by atoms with Gasteiger partial charge in [-0.15, -0.1) is 0 Å². The van der Waals surface area contributed by atoms with E-state index in [0.717, 1.165) is 5.56 Å². The standard InChI is InChI=1S/C10H9FN2O/c1-6-3-8(4-7(2)9(6)11)10-12-5-14-13-10/h3-5H,1-2H3. The molecule has 0 atom stereocenters. The molecular weight excluding hydrogens is 183 g/mol. The van der Waals surface area contributed by atoms with Crippen LogP contribution in [0.2, 0.25) is 0 Å². The van der Waals surface area contributed by atoms with E-state index < -0.39 is 0 Å². The Morgan fingerprint density at radius 1 is 1.21 bits per heavy atom. The van der Waals surface area contributed by atoms with Gasteiger partial charge in [0.05, 0.1) is 0 Å². The minimum absolute atomic E-state index is 0.183. The maximum atomic E-state index is 13.3. The summed E-state index contributed by atoms with van der Waals surface area (Å²) < 4.78 is 17.9. The summed E-state index contributed by atoms with van der Waals surface area (Å²) in [7, 11) is 0. The van der Waals surface area contributed by atoms with Gasteiger partial charge in [0.1, 0.15) is 5.82 Å². The quantitative estimate of drug-likeness (QED) is 0.696. The molecule has 0 spiro atoms. The van der Waals surface area contributed by atoms with Crippen molar-refractivity contribution in [2.45, 2.75) is 13.8 Å². The maximum absolute atomic E-state index is 13.3. The molecule has 0 amide bonds. The van der Waals surface area contributed by atoms with E-state index in [2.05, 4.69) is 14.7 Å². The maximum Gasteiger partial charge on any atom is 0.214 e. The fraction of sp³-hybridized carbons (Fsp3) is 0.200. The van der Waals surface area contributed by atoms with Crippen LogP contribution in [0.15, 0.2) is 23.0 Å². The van der Waals surface area contributed by atoms with E-state index >= 15 is 0 Å². The molecule has 2 rings (SSSR count). The van der Waals surface area contributed by atoms with Crippen LogP contribution in [0.1, 0.15) is 11.1 Å². The van der Waals surface area contributed by atoms with Crippen LogP contribution in [0.3, 0.4) is 0 Å². The molecule has 0 saturated carbocycles. The Labute approximate surface area is 80.6 Å². The van der Waals surface area contributed by atoms with Gasteiger partial charge in [0, 0.05) is 5.56 Å². The van der Waals surface area contributed by atoms with Crippen LogP contribution >= 0.6 is 0 Å². The number of rotatable bonds is 1. The summed E-state index contributed by atoms with van der Waals surface area (Å²) in [6, 6.07) is 3.40. The van der Waals surface area contributed by atoms with Crippen molar-refractivity contribution in [3.63, 3.8) is 0 Å². The molecule has 0 aliphatic heterocycles. The molecule has 2 aromatic rings. The first-order valence-corrected chi connectivity index (χ1v) is 4.22. The molecule has 14 heavy (non-hydrogen) atoms. The third kappa shape index (κ3) is 1.39. The summed E-state index contributed by atoms with van der Waals surface area (Å²) >= 11 is 0. The third-order valence-electron chi connectivity index (χ3n) is 2.06. The van der Waals surface area contributed by atoms with Gasteiger partial charge in [0.15, 0.2) is 0 Å². The molecule has 1 aromatic heterocycles. The summed E-state index contributed by atoms with van der Waals surface area (Å²) in [5.74, 6) is 0.299. The Morgan fingerprint density at radius 2 is 1.86 bits per heavy atom. The van der Waals surface area contributed by atoms with Crippen LogP contribution in [0, 0.1) is 19.7 Å². The largest absolute Gasteiger partial charge is 0.342 e. The second-order valence-electron chi connectivity index (χ2n) is 3.18. The van der Waals surface area contributed by atoms with Gasteiger partial charge in [-0.2, -0.15) is 4.98 Å². The van der Waals surface area contributed by atoms with Crippen molar-refractivity contribution in [3.8, 4) is 11.4 Å². The summed E-state index contributed by atoms with van der Waals surface area (Å²) in [6.07, 6.45) is 1.25. The summed E-state index contributed by atoms with van der Waals surface area (Å²) in [6.45, 7) is 3.43. The van der Waals surface area contributed by atoms with Gasteiger partial charge in [-0.1, -0.05) is 5.16 Å². The number of hydrogen-bond acceptors (Lipinski definition) is 3. The topological polar surface area (TPSA) is 38.9 Å². The second-order valence-corrected chi connectivity index (χ2v) is 3.18. The van der Waals surface area contributed by atoms with Crippen molar-refractivity contribution in [2.75, 3.05) is 0 Å². The molecule has 0 aliphatic carbocycles. The highest BCUT2D eigenvalue weighted by molar-refractivity contribution is 5.57. The predicted octanol–water partition coefficient (Wildman–Crippen LogP) is 2.49. The molecule has 0 N–H and O–H groups in total. The number of halogens is 1. The van der Waals surface area contributed by atoms with Gasteiger partial charge in [-0.05, 0) is 37.1 Å². The summed E-state index contributed by atoms with van der Waals surface area (Å²) in [5, 5.41) is 3.69. The molecule has 4 heteroatoms. The Kier molecular flexibility index (Phi) is 2.04. The van der Waals surface area contributed by atoms with E-state index in [0.29, 0.717) is 17.0 Å². The van der Waals surface area contributed by atoms with Crippen LogP contribution in [0.25, 0.3) is 11.4 Å². The van der Waals surface area contributed by atoms with E-state index in [1.54, 1.807) is 26.0 Å². The van der Waals surface area contributed by atoms with Gasteiger partial charge in [0.25, 0.3) is 0 Å². The van der Waals surface area contributed by atoms with Gasteiger partial charge in [0.2, 0.25) is 12.2 Å². The molecule has 1 heterocycles. The molecule has 0 bridgehead atoms. The Bertz CT molecular complexity index is 428. The fourth-order valence-corrected chi connectivity index (χ4v) is 1.37. The van der Waals surface area contributed by atoms with Crippen LogP contribution in [0.5, 0.6) is 0 Å². The van der Waals surface area contributed by atoms with Crippen molar-refractivity contribution in [3.05, 3.63) is 35.5 Å². The molecular formula is C10H9FN2O. The van der Waals surface area contributed by atoms with Gasteiger partial charge in [-0.3, -0.25) is 0 Å². The average molecular weight is 192 g/mol. The number of aromatic nitrogens is 2. The van der Waals surface area contributed by atoms with Crippen LogP contribution in [0.4, 0.5) is 4.39 Å². The molecule has 0 saturated heterocycles. The average Bonchev–Trinajstić information content (AvgIpc) is 2.66. The monoisotopic (exact) mass is 192 g/mol. The molecule has 72 valence electrons. The normalized spacial score (nSPS) is 10.5. The van der Waals surface area contributed by atoms with Crippen molar-refractivity contribution in [1.82, 2.24) is 10.1 Å². The van der Waals surface area contributed by atoms with Gasteiger partial charge >= 0.3 is 0 Å². The smallest absolute Gasteiger partial charge is 0.214 e. The first-order valence-electron chi connectivity index (χ1n) is 4.22. The fourth-order valence-electron chi connectivity index (χ4n) is 1.37. The predicted molar refractivity (Wildman–Crippen MR) is 49.2 cm³/mol. The first kappa shape index (κ1) is 8.87. The van der Waals surface area contributed by atoms with Crippen molar-refractivity contribution in [1.29, 1.82) is 0 Å². The Balaban J connectivity index is 2.57. The number of aryl methyl sites for hydroxylation is 2. The lowest BCUT2D eigenvalue weighted by atomic mass is 10.1. The Hall–Kier alpha value is -1.71. The highest BCUT2D eigenvalue weighted by Gasteiger charge is 2.08. The van der Waals surface area contributed by atoms with E-state index in [1.807, 2.05) is 0 Å². The number of nitrogens with zero attached hydrogens (tertiary/aromatic N) is 2. The van der Waals surface area contributed by atoms with E-state index in [1.165, 1.54) is 6.39 Å². The Morgan fingerprint density at radius 3 is 2.36 bits per heavy atom. The highest BCUT2D eigenvalue weighted by Crippen LogP contribution is 2.21. The van der Waals surface area contributed by atoms with Crippen molar-refractivity contribution in [2.24, 2.45) is 0 Å². The molecule has 0 unspecified atom stereocenters. The second kappa shape index (κ2) is 3.21. The number of benzene rings is 1. The molecule has 0 radical (unpaired) electrons. The van der Waals surface area contributed by atoms with Gasteiger partial charge < -0.3 is 4.52 Å². The summed E-state index contributed by atoms with van der Waals surface area (Å²) in [4.78, 5) is 3.90. The molecule has 0 aliphatic rings. The minimum atomic E-state index is -0.183. The lowest BCUT2D eigenvalue weighted by Gasteiger charge is -2.02. The van der Waals surface area contributed by atoms with Crippen LogP contribution in [-0.4, -0.2) is 10.1 Å². The third-order valence-corrected chi connectivity index (χ3v) is 2.06. The lowest BCUT2D eigenvalue weighted by molar-refractivity contribution is 0.418. The lowest BCUT2D eigenvalue weighted by Crippen LogP contribution is -1.90. The number of hydrogen-bond donors (Lipinski definition) is 0. The van der Waals surface area contributed by atoms with E-state index in [4.69, 9.17) is 0 Å². The zero-order valence-corrected chi connectivity index (χ0v) is 7.91. The van der Waals surface area contributed by atoms with E-state index in [9.17, 15) is 4.39 Å². The minimum Gasteiger partial charge on any atom is -0.342 e. The molecule has 1 aromatic carbocycles. The van der Waals surface area contributed by atoms with Crippen LogP contribution < -0.4 is 0 Å². The summed E-state index contributed by atoms with van der Waals surface area (Å²) in [5.41, 5.74) is 1.95. The van der Waals surface area contributed by atoms with Gasteiger partial charge in [-0.25, -0.2) is 4.39 Å². The molecule has 0 fully saturated rings. The van der Waals surface area contributed by atoms with Crippen LogP contribution in [-0.2, 0) is 0 Å². The van der Waals surface area contributed by atoms with Crippen molar-refractivity contribution >= 4 is 0 Å².